The van der Waals surface area contributed by atoms with Gasteiger partial charge in [0.1, 0.15) is 0 Å². The predicted octanol–water partition coefficient (Wildman–Crippen LogP) is 0.467. The second-order valence-corrected chi connectivity index (χ2v) is 5.15. The number of nitrogens with one attached hydrogen (secondary N) is 1. The average Bonchev–Trinajstić information content (AvgIpc) is 2.50. The van der Waals surface area contributed by atoms with Crippen LogP contribution in [0.4, 0.5) is 0 Å². The van der Waals surface area contributed by atoms with Crippen molar-refractivity contribution in [1.29, 1.82) is 0 Å². The molecule has 2 rings (SSSR count). The van der Waals surface area contributed by atoms with E-state index >= 15 is 0 Å². The SMILES string of the molecule is CNC1CC2CCC(C1)N2CCCC(N)=O. The Bertz CT molecular complexity index is 243. The van der Waals surface area contributed by atoms with Crippen LogP contribution in [-0.4, -0.2) is 42.5 Å². The van der Waals surface area contributed by atoms with E-state index in [1.807, 2.05) is 0 Å². The van der Waals surface area contributed by atoms with Gasteiger partial charge in [0.25, 0.3) is 0 Å². The van der Waals surface area contributed by atoms with Crippen LogP contribution in [0, 0.1) is 0 Å². The van der Waals surface area contributed by atoms with Crippen molar-refractivity contribution >= 4 is 5.91 Å². The Morgan fingerprint density at radius 1 is 1.38 bits per heavy atom. The fourth-order valence-corrected chi connectivity index (χ4v) is 3.31. The highest BCUT2D eigenvalue weighted by molar-refractivity contribution is 5.73. The molecule has 2 atom stereocenters. The molecule has 0 aromatic rings. The number of primary amides is 1. The molecule has 2 aliphatic heterocycles. The summed E-state index contributed by atoms with van der Waals surface area (Å²) in [6.07, 6.45) is 6.66. The van der Waals surface area contributed by atoms with Gasteiger partial charge in [0.2, 0.25) is 5.91 Å². The standard InChI is InChI=1S/C12H23N3O/c1-14-9-7-10-4-5-11(8-9)15(10)6-2-3-12(13)16/h9-11,14H,2-8H2,1H3,(H2,13,16). The Morgan fingerprint density at radius 3 is 2.50 bits per heavy atom. The summed E-state index contributed by atoms with van der Waals surface area (Å²) in [5, 5.41) is 3.40. The maximum atomic E-state index is 10.7. The molecule has 2 unspecified atom stereocenters. The molecule has 0 aliphatic carbocycles. The minimum absolute atomic E-state index is 0.169. The van der Waals surface area contributed by atoms with Crippen molar-refractivity contribution in [2.75, 3.05) is 13.6 Å². The number of carbonyl (C=O) groups excluding carboxylic acids is 1. The number of hydrogen-bond acceptors (Lipinski definition) is 3. The fraction of sp³-hybridized carbons (Fsp3) is 0.917. The molecule has 2 bridgehead atoms. The van der Waals surface area contributed by atoms with Crippen LogP contribution >= 0.6 is 0 Å². The van der Waals surface area contributed by atoms with Gasteiger partial charge < -0.3 is 11.1 Å². The second-order valence-electron chi connectivity index (χ2n) is 5.15. The van der Waals surface area contributed by atoms with E-state index in [4.69, 9.17) is 5.73 Å². The molecule has 2 fully saturated rings. The Balaban J connectivity index is 1.81. The number of amides is 1. The zero-order valence-electron chi connectivity index (χ0n) is 10.1. The van der Waals surface area contributed by atoms with Gasteiger partial charge in [-0.15, -0.1) is 0 Å². The highest BCUT2D eigenvalue weighted by Crippen LogP contribution is 2.35. The first kappa shape index (κ1) is 11.9. The number of nitrogens with zero attached hydrogens (tertiary/aromatic N) is 1. The molecule has 16 heavy (non-hydrogen) atoms. The van der Waals surface area contributed by atoms with Crippen molar-refractivity contribution in [3.63, 3.8) is 0 Å². The maximum Gasteiger partial charge on any atom is 0.217 e. The zero-order valence-corrected chi connectivity index (χ0v) is 10.1. The number of fused-ring (bicyclic) bond motifs is 2. The van der Waals surface area contributed by atoms with Crippen molar-refractivity contribution in [2.24, 2.45) is 5.73 Å². The summed E-state index contributed by atoms with van der Waals surface area (Å²) >= 11 is 0. The summed E-state index contributed by atoms with van der Waals surface area (Å²) in [6, 6.07) is 2.18. The molecule has 0 aromatic heterocycles. The van der Waals surface area contributed by atoms with Crippen LogP contribution in [0.3, 0.4) is 0 Å². The number of hydrogen-bond donors (Lipinski definition) is 2. The quantitative estimate of drug-likeness (QED) is 0.715. The molecule has 0 saturated carbocycles. The van der Waals surface area contributed by atoms with E-state index in [9.17, 15) is 4.79 Å². The highest BCUT2D eigenvalue weighted by Gasteiger charge is 2.39. The molecule has 4 heteroatoms. The molecule has 3 N–H and O–H groups in total. The Morgan fingerprint density at radius 2 is 2.00 bits per heavy atom. The monoisotopic (exact) mass is 225 g/mol. The van der Waals surface area contributed by atoms with Crippen LogP contribution < -0.4 is 11.1 Å². The van der Waals surface area contributed by atoms with Crippen LogP contribution in [0.2, 0.25) is 0 Å². The fourth-order valence-electron chi connectivity index (χ4n) is 3.31. The van der Waals surface area contributed by atoms with Gasteiger partial charge in [-0.2, -0.15) is 0 Å². The average molecular weight is 225 g/mol. The maximum absolute atomic E-state index is 10.7. The number of nitrogens with two attached hydrogens (primary N) is 1. The largest absolute Gasteiger partial charge is 0.370 e. The van der Waals surface area contributed by atoms with Crippen molar-refractivity contribution in [3.8, 4) is 0 Å². The Labute approximate surface area is 97.6 Å². The van der Waals surface area contributed by atoms with Gasteiger partial charge in [-0.1, -0.05) is 0 Å². The molecule has 2 saturated heterocycles. The zero-order chi connectivity index (χ0) is 11.5. The number of rotatable bonds is 5. The lowest BCUT2D eigenvalue weighted by Gasteiger charge is -2.38. The van der Waals surface area contributed by atoms with Crippen LogP contribution in [-0.2, 0) is 4.79 Å². The summed E-state index contributed by atoms with van der Waals surface area (Å²) < 4.78 is 0. The first-order valence-corrected chi connectivity index (χ1v) is 6.42. The van der Waals surface area contributed by atoms with Crippen LogP contribution in [0.5, 0.6) is 0 Å². The van der Waals surface area contributed by atoms with Gasteiger partial charge in [0, 0.05) is 24.5 Å². The van der Waals surface area contributed by atoms with Crippen LogP contribution in [0.25, 0.3) is 0 Å². The molecule has 0 aromatic carbocycles. The molecule has 0 spiro atoms. The molecule has 0 radical (unpaired) electrons. The molecule has 1 amide bonds. The van der Waals surface area contributed by atoms with Crippen molar-refractivity contribution in [2.45, 2.75) is 56.7 Å². The Kier molecular flexibility index (Phi) is 3.82. The minimum Gasteiger partial charge on any atom is -0.370 e. The van der Waals surface area contributed by atoms with E-state index in [0.717, 1.165) is 25.0 Å². The van der Waals surface area contributed by atoms with Gasteiger partial charge in [-0.25, -0.2) is 0 Å². The van der Waals surface area contributed by atoms with Crippen molar-refractivity contribution in [1.82, 2.24) is 10.2 Å². The number of carbonyl (C=O) groups is 1. The van der Waals surface area contributed by atoms with E-state index in [1.54, 1.807) is 0 Å². The predicted molar refractivity (Wildman–Crippen MR) is 64.0 cm³/mol. The van der Waals surface area contributed by atoms with Crippen LogP contribution in [0.15, 0.2) is 0 Å². The third-order valence-electron chi connectivity index (χ3n) is 4.13. The van der Waals surface area contributed by atoms with Crippen molar-refractivity contribution < 1.29 is 4.79 Å². The lowest BCUT2D eigenvalue weighted by atomic mass is 9.97. The summed E-state index contributed by atoms with van der Waals surface area (Å²) in [4.78, 5) is 13.3. The van der Waals surface area contributed by atoms with Crippen LogP contribution in [0.1, 0.15) is 38.5 Å². The van der Waals surface area contributed by atoms with E-state index in [1.165, 1.54) is 25.7 Å². The Hall–Kier alpha value is -0.610. The first-order valence-electron chi connectivity index (χ1n) is 6.42. The van der Waals surface area contributed by atoms with E-state index < -0.39 is 0 Å². The van der Waals surface area contributed by atoms with E-state index in [0.29, 0.717) is 12.5 Å². The van der Waals surface area contributed by atoms with E-state index in [2.05, 4.69) is 17.3 Å². The molecule has 92 valence electrons. The minimum atomic E-state index is -0.169. The molecule has 4 nitrogen and oxygen atoms in total. The summed E-state index contributed by atoms with van der Waals surface area (Å²) in [5.41, 5.74) is 5.17. The molecule has 2 aliphatic rings. The summed E-state index contributed by atoms with van der Waals surface area (Å²) in [6.45, 7) is 1.05. The van der Waals surface area contributed by atoms with Crippen molar-refractivity contribution in [3.05, 3.63) is 0 Å². The molecule has 2 heterocycles. The highest BCUT2D eigenvalue weighted by atomic mass is 16.1. The van der Waals surface area contributed by atoms with Gasteiger partial charge in [0.15, 0.2) is 0 Å². The van der Waals surface area contributed by atoms with Gasteiger partial charge in [-0.05, 0) is 45.7 Å². The third kappa shape index (κ3) is 2.55. The lowest BCUT2D eigenvalue weighted by molar-refractivity contribution is -0.118. The summed E-state index contributed by atoms with van der Waals surface area (Å²) in [5.74, 6) is -0.169. The van der Waals surface area contributed by atoms with E-state index in [-0.39, 0.29) is 5.91 Å². The lowest BCUT2D eigenvalue weighted by Crippen LogP contribution is -2.48. The first-order chi connectivity index (χ1) is 7.70. The van der Waals surface area contributed by atoms with Gasteiger partial charge in [0.05, 0.1) is 0 Å². The molecular weight excluding hydrogens is 202 g/mol. The van der Waals surface area contributed by atoms with Gasteiger partial charge in [-0.3, -0.25) is 9.69 Å². The summed E-state index contributed by atoms with van der Waals surface area (Å²) in [7, 11) is 2.06. The second kappa shape index (κ2) is 5.15. The number of piperidine rings is 1. The normalized spacial score (nSPS) is 34.2. The topological polar surface area (TPSA) is 58.4 Å². The van der Waals surface area contributed by atoms with Gasteiger partial charge >= 0.3 is 0 Å². The smallest absolute Gasteiger partial charge is 0.217 e. The molecular formula is C12H23N3O. The third-order valence-corrected chi connectivity index (χ3v) is 4.13.